The van der Waals surface area contributed by atoms with Crippen molar-refractivity contribution in [2.45, 2.75) is 25.7 Å². The summed E-state index contributed by atoms with van der Waals surface area (Å²) >= 11 is 0. The number of rotatable bonds is 4. The number of benzene rings is 1. The molecule has 0 bridgehead atoms. The zero-order chi connectivity index (χ0) is 11.5. The molecule has 1 amide bonds. The summed E-state index contributed by atoms with van der Waals surface area (Å²) in [6.45, 7) is 0.643. The zero-order valence-corrected chi connectivity index (χ0v) is 9.05. The normalized spacial score (nSPS) is 13.8. The third-order valence-electron chi connectivity index (χ3n) is 2.78. The highest BCUT2D eigenvalue weighted by atomic mass is 19.1. The smallest absolute Gasteiger partial charge is 0.228 e. The van der Waals surface area contributed by atoms with E-state index in [2.05, 4.69) is 5.32 Å². The molecule has 0 unspecified atom stereocenters. The number of unbranched alkanes of at least 4 members (excludes halogenated alkanes) is 1. The molecule has 0 atom stereocenters. The van der Waals surface area contributed by atoms with E-state index in [1.807, 2.05) is 0 Å². The lowest BCUT2D eigenvalue weighted by atomic mass is 10.0. The molecule has 0 aromatic heterocycles. The third-order valence-corrected chi connectivity index (χ3v) is 2.78. The van der Waals surface area contributed by atoms with Crippen molar-refractivity contribution in [1.82, 2.24) is 0 Å². The van der Waals surface area contributed by atoms with Gasteiger partial charge in [-0.3, -0.25) is 4.79 Å². The molecule has 1 aromatic carbocycles. The van der Waals surface area contributed by atoms with Crippen LogP contribution >= 0.6 is 0 Å². The van der Waals surface area contributed by atoms with Crippen molar-refractivity contribution in [3.63, 3.8) is 0 Å². The van der Waals surface area contributed by atoms with Crippen LogP contribution in [0.1, 0.15) is 24.0 Å². The van der Waals surface area contributed by atoms with Gasteiger partial charge in [0.05, 0.1) is 6.42 Å². The van der Waals surface area contributed by atoms with Crippen molar-refractivity contribution < 1.29 is 9.18 Å². The fraction of sp³-hybridized carbons (Fsp3) is 0.417. The molecule has 3 nitrogen and oxygen atoms in total. The molecule has 1 aliphatic heterocycles. The van der Waals surface area contributed by atoms with Crippen LogP contribution in [0.25, 0.3) is 0 Å². The lowest BCUT2D eigenvalue weighted by Gasteiger charge is -2.08. The third kappa shape index (κ3) is 2.22. The van der Waals surface area contributed by atoms with E-state index in [0.29, 0.717) is 6.54 Å². The molecular formula is C12H15FN2O. The van der Waals surface area contributed by atoms with Gasteiger partial charge in [0.25, 0.3) is 0 Å². The Morgan fingerprint density at radius 2 is 2.19 bits per heavy atom. The number of hydrogen-bond acceptors (Lipinski definition) is 2. The van der Waals surface area contributed by atoms with Crippen molar-refractivity contribution in [2.75, 3.05) is 11.9 Å². The fourth-order valence-electron chi connectivity index (χ4n) is 2.04. The highest BCUT2D eigenvalue weighted by molar-refractivity contribution is 6.00. The first-order chi connectivity index (χ1) is 7.70. The van der Waals surface area contributed by atoms with Gasteiger partial charge >= 0.3 is 0 Å². The molecule has 0 saturated carbocycles. The predicted molar refractivity (Wildman–Crippen MR) is 60.7 cm³/mol. The molecule has 86 valence electrons. The Morgan fingerprint density at radius 1 is 1.38 bits per heavy atom. The maximum atomic E-state index is 13.3. The molecule has 0 fully saturated rings. The summed E-state index contributed by atoms with van der Waals surface area (Å²) in [5.41, 5.74) is 7.88. The summed E-state index contributed by atoms with van der Waals surface area (Å²) in [6.07, 6.45) is 2.88. The van der Waals surface area contributed by atoms with Crippen molar-refractivity contribution in [1.29, 1.82) is 0 Å². The van der Waals surface area contributed by atoms with E-state index in [9.17, 15) is 9.18 Å². The summed E-state index contributed by atoms with van der Waals surface area (Å²) in [7, 11) is 0. The molecule has 0 aliphatic carbocycles. The van der Waals surface area contributed by atoms with Crippen LogP contribution in [0.2, 0.25) is 0 Å². The number of amides is 1. The quantitative estimate of drug-likeness (QED) is 0.760. The summed E-state index contributed by atoms with van der Waals surface area (Å²) in [5.74, 6) is -0.321. The van der Waals surface area contributed by atoms with Crippen LogP contribution in [0.4, 0.5) is 10.1 Å². The van der Waals surface area contributed by atoms with Gasteiger partial charge in [-0.15, -0.1) is 0 Å². The molecule has 1 aliphatic rings. The SMILES string of the molecule is NCCCCc1cc(F)cc2c1NC(=O)C2. The van der Waals surface area contributed by atoms with Gasteiger partial charge in [0.1, 0.15) is 5.82 Å². The van der Waals surface area contributed by atoms with E-state index in [1.54, 1.807) is 0 Å². The molecule has 0 radical (unpaired) electrons. The number of nitrogens with one attached hydrogen (secondary N) is 1. The Hall–Kier alpha value is -1.42. The zero-order valence-electron chi connectivity index (χ0n) is 9.05. The number of nitrogens with two attached hydrogens (primary N) is 1. The lowest BCUT2D eigenvalue weighted by Crippen LogP contribution is -2.05. The topological polar surface area (TPSA) is 55.1 Å². The van der Waals surface area contributed by atoms with Gasteiger partial charge < -0.3 is 11.1 Å². The summed E-state index contributed by atoms with van der Waals surface area (Å²) in [4.78, 5) is 11.2. The van der Waals surface area contributed by atoms with E-state index in [1.165, 1.54) is 12.1 Å². The van der Waals surface area contributed by atoms with Crippen molar-refractivity contribution in [3.8, 4) is 0 Å². The summed E-state index contributed by atoms with van der Waals surface area (Å²) in [5, 5.41) is 2.78. The molecule has 3 N–H and O–H groups in total. The number of carbonyl (C=O) groups is 1. The summed E-state index contributed by atoms with van der Waals surface area (Å²) in [6, 6.07) is 2.93. The number of halogens is 1. The minimum Gasteiger partial charge on any atom is -0.330 e. The average Bonchev–Trinajstić information content (AvgIpc) is 2.58. The first-order valence-electron chi connectivity index (χ1n) is 5.52. The van der Waals surface area contributed by atoms with Gasteiger partial charge in [-0.2, -0.15) is 0 Å². The van der Waals surface area contributed by atoms with E-state index in [0.717, 1.165) is 36.1 Å². The van der Waals surface area contributed by atoms with Crippen LogP contribution in [0.15, 0.2) is 12.1 Å². The Morgan fingerprint density at radius 3 is 2.94 bits per heavy atom. The number of anilines is 1. The second-order valence-corrected chi connectivity index (χ2v) is 4.07. The number of hydrogen-bond donors (Lipinski definition) is 2. The Balaban J connectivity index is 2.21. The minimum atomic E-state index is -0.266. The van der Waals surface area contributed by atoms with Gasteiger partial charge in [0, 0.05) is 5.69 Å². The average molecular weight is 222 g/mol. The molecule has 16 heavy (non-hydrogen) atoms. The molecule has 0 saturated heterocycles. The van der Waals surface area contributed by atoms with Crippen molar-refractivity contribution in [3.05, 3.63) is 29.1 Å². The molecule has 1 heterocycles. The molecule has 0 spiro atoms. The highest BCUT2D eigenvalue weighted by Gasteiger charge is 2.21. The van der Waals surface area contributed by atoms with Gasteiger partial charge in [0.2, 0.25) is 5.91 Å². The second-order valence-electron chi connectivity index (χ2n) is 4.07. The number of fused-ring (bicyclic) bond motifs is 1. The Labute approximate surface area is 93.8 Å². The minimum absolute atomic E-state index is 0.0549. The largest absolute Gasteiger partial charge is 0.330 e. The predicted octanol–water partition coefficient (Wildman–Crippen LogP) is 1.60. The van der Waals surface area contributed by atoms with Crippen LogP contribution in [0.5, 0.6) is 0 Å². The first kappa shape index (κ1) is 11.1. The lowest BCUT2D eigenvalue weighted by molar-refractivity contribution is -0.115. The monoisotopic (exact) mass is 222 g/mol. The van der Waals surface area contributed by atoms with Gasteiger partial charge in [-0.1, -0.05) is 0 Å². The first-order valence-corrected chi connectivity index (χ1v) is 5.52. The molecule has 2 rings (SSSR count). The van der Waals surface area contributed by atoms with Crippen LogP contribution in [-0.4, -0.2) is 12.5 Å². The van der Waals surface area contributed by atoms with E-state index in [-0.39, 0.29) is 18.1 Å². The van der Waals surface area contributed by atoms with Crippen molar-refractivity contribution in [2.24, 2.45) is 5.73 Å². The van der Waals surface area contributed by atoms with E-state index >= 15 is 0 Å². The summed E-state index contributed by atoms with van der Waals surface area (Å²) < 4.78 is 13.3. The van der Waals surface area contributed by atoms with E-state index < -0.39 is 0 Å². The van der Waals surface area contributed by atoms with E-state index in [4.69, 9.17) is 5.73 Å². The van der Waals surface area contributed by atoms with Crippen molar-refractivity contribution >= 4 is 11.6 Å². The maximum absolute atomic E-state index is 13.3. The van der Waals surface area contributed by atoms with Crippen LogP contribution < -0.4 is 11.1 Å². The fourth-order valence-corrected chi connectivity index (χ4v) is 2.04. The molecule has 1 aromatic rings. The van der Waals surface area contributed by atoms with Gasteiger partial charge in [0.15, 0.2) is 0 Å². The van der Waals surface area contributed by atoms with Crippen LogP contribution in [0, 0.1) is 5.82 Å². The second kappa shape index (κ2) is 4.61. The molecule has 4 heteroatoms. The van der Waals surface area contributed by atoms with Gasteiger partial charge in [-0.05, 0) is 49.1 Å². The highest BCUT2D eigenvalue weighted by Crippen LogP contribution is 2.29. The van der Waals surface area contributed by atoms with Gasteiger partial charge in [-0.25, -0.2) is 4.39 Å². The number of aryl methyl sites for hydroxylation is 1. The maximum Gasteiger partial charge on any atom is 0.228 e. The van der Waals surface area contributed by atoms with Crippen LogP contribution in [0.3, 0.4) is 0 Å². The standard InChI is InChI=1S/C12H15FN2O/c13-10-5-8(3-1-2-4-14)12-9(6-10)7-11(16)15-12/h5-6H,1-4,7,14H2,(H,15,16). The Kier molecular flexibility index (Phi) is 3.19. The molecular weight excluding hydrogens is 207 g/mol. The Bertz CT molecular complexity index is 418. The van der Waals surface area contributed by atoms with Crippen LogP contribution in [-0.2, 0) is 17.6 Å². The number of carbonyl (C=O) groups excluding carboxylic acids is 1.